The topological polar surface area (TPSA) is 51.2 Å². The van der Waals surface area contributed by atoms with E-state index >= 15 is 0 Å². The Balaban J connectivity index is 1.40. The lowest BCUT2D eigenvalue weighted by Crippen LogP contribution is -2.41. The minimum atomic E-state index is 0.197. The molecule has 0 N–H and O–H groups in total. The lowest BCUT2D eigenvalue weighted by molar-refractivity contribution is 0.125. The Morgan fingerprint density at radius 1 is 0.795 bits per heavy atom. The molecule has 6 aliphatic rings. The van der Waals surface area contributed by atoms with Crippen molar-refractivity contribution >= 4 is 11.4 Å². The fourth-order valence-corrected chi connectivity index (χ4v) is 8.34. The Bertz CT molecular complexity index is 1370. The Labute approximate surface area is 232 Å². The fourth-order valence-electron chi connectivity index (χ4n) is 8.34. The van der Waals surface area contributed by atoms with Crippen LogP contribution in [0.2, 0.25) is 0 Å². The summed E-state index contributed by atoms with van der Waals surface area (Å²) >= 11 is 0. The Morgan fingerprint density at radius 2 is 1.31 bits per heavy atom. The zero-order valence-electron chi connectivity index (χ0n) is 23.7. The van der Waals surface area contributed by atoms with Crippen LogP contribution in [0.4, 0.5) is 11.4 Å². The largest absolute Gasteiger partial charge is 0.375 e. The van der Waals surface area contributed by atoms with E-state index in [0.29, 0.717) is 5.69 Å². The Hall–Kier alpha value is -3.20. The molecule has 0 aliphatic heterocycles. The van der Waals surface area contributed by atoms with Gasteiger partial charge in [-0.15, -0.1) is 0 Å². The molecular weight excluding hydrogens is 480 g/mol. The molecule has 0 unspecified atom stereocenters. The highest BCUT2D eigenvalue weighted by Gasteiger charge is 2.46. The number of aromatic nitrogens is 4. The number of nitrogens with zero attached hydrogens (tertiary/aromatic N) is 6. The van der Waals surface area contributed by atoms with Crippen LogP contribution >= 0.6 is 0 Å². The van der Waals surface area contributed by atoms with Crippen LogP contribution in [0.25, 0.3) is 27.5 Å². The summed E-state index contributed by atoms with van der Waals surface area (Å²) < 4.78 is 1.85. The van der Waals surface area contributed by atoms with Gasteiger partial charge in [0, 0.05) is 43.7 Å². The van der Waals surface area contributed by atoms with Crippen molar-refractivity contribution in [3.8, 4) is 22.6 Å². The molecule has 2 heterocycles. The molecule has 0 spiro atoms. The maximum absolute atomic E-state index is 7.89. The molecule has 9 rings (SSSR count). The minimum absolute atomic E-state index is 0.197. The number of hydrogen-bond acceptors (Lipinski definition) is 4. The second-order valence-electron chi connectivity index (χ2n) is 13.3. The van der Waals surface area contributed by atoms with E-state index in [9.17, 15) is 0 Å². The normalized spacial score (nSPS) is 29.4. The molecule has 0 amide bonds. The molecule has 0 atom stereocenters. The predicted molar refractivity (Wildman–Crippen MR) is 156 cm³/mol. The third-order valence-electron chi connectivity index (χ3n) is 10.9. The van der Waals surface area contributed by atoms with Crippen LogP contribution in [0, 0.1) is 18.4 Å². The van der Waals surface area contributed by atoms with Gasteiger partial charge in [0.25, 0.3) is 0 Å². The van der Waals surface area contributed by atoms with Gasteiger partial charge in [0.1, 0.15) is 5.69 Å². The Kier molecular flexibility index (Phi) is 5.84. The first-order valence-electron chi connectivity index (χ1n) is 15.0. The van der Waals surface area contributed by atoms with Gasteiger partial charge in [-0.05, 0) is 119 Å². The molecule has 4 bridgehead atoms. The van der Waals surface area contributed by atoms with Gasteiger partial charge in [-0.2, -0.15) is 5.10 Å². The average molecular weight is 521 g/mol. The van der Waals surface area contributed by atoms with Crippen molar-refractivity contribution in [2.75, 3.05) is 19.0 Å². The van der Waals surface area contributed by atoms with Crippen molar-refractivity contribution in [3.05, 3.63) is 53.3 Å². The lowest BCUT2D eigenvalue weighted by atomic mass is 9.57. The van der Waals surface area contributed by atoms with Crippen molar-refractivity contribution in [1.29, 1.82) is 0 Å². The van der Waals surface area contributed by atoms with Crippen LogP contribution in [-0.4, -0.2) is 33.8 Å². The average Bonchev–Trinajstić information content (AvgIpc) is 3.40. The van der Waals surface area contributed by atoms with Gasteiger partial charge in [-0.1, -0.05) is 0 Å². The standard InChI is InChI=1S/C33H40N6/c1-34-26-18-24(30-27(38(2)3)21-39(4)37-30)17-25(19-26)31-35-28(32-11-5-22(6-12-32)7-13-32)20-29(36-31)33-14-8-23(9-15-33)10-16-33/h17-23H,5-16H2,2-4H3. The maximum Gasteiger partial charge on any atom is 0.188 e. The van der Waals surface area contributed by atoms with E-state index in [2.05, 4.69) is 21.9 Å². The van der Waals surface area contributed by atoms with E-state index < -0.39 is 0 Å². The zero-order valence-corrected chi connectivity index (χ0v) is 23.7. The summed E-state index contributed by atoms with van der Waals surface area (Å²) in [6.45, 7) is 7.89. The van der Waals surface area contributed by atoms with Crippen molar-refractivity contribution in [2.45, 2.75) is 87.9 Å². The predicted octanol–water partition coefficient (Wildman–Crippen LogP) is 7.60. The summed E-state index contributed by atoms with van der Waals surface area (Å²) in [6.07, 6.45) is 17.6. The monoisotopic (exact) mass is 520 g/mol. The van der Waals surface area contributed by atoms with Gasteiger partial charge in [0.15, 0.2) is 11.5 Å². The van der Waals surface area contributed by atoms with Crippen molar-refractivity contribution < 1.29 is 0 Å². The number of aryl methyl sites for hydroxylation is 1. The number of hydrogen-bond donors (Lipinski definition) is 0. The number of anilines is 1. The van der Waals surface area contributed by atoms with Gasteiger partial charge in [-0.3, -0.25) is 4.68 Å². The highest BCUT2D eigenvalue weighted by atomic mass is 15.3. The molecule has 0 radical (unpaired) electrons. The third kappa shape index (κ3) is 4.17. The van der Waals surface area contributed by atoms with Crippen LogP contribution in [0.15, 0.2) is 30.5 Å². The minimum Gasteiger partial charge on any atom is -0.375 e. The summed E-state index contributed by atoms with van der Waals surface area (Å²) in [4.78, 5) is 16.7. The summed E-state index contributed by atoms with van der Waals surface area (Å²) in [7, 11) is 6.02. The Morgan fingerprint density at radius 3 is 1.79 bits per heavy atom. The second kappa shape index (κ2) is 9.18. The molecule has 1 aromatic carbocycles. The third-order valence-corrected chi connectivity index (χ3v) is 10.9. The fraction of sp³-hybridized carbons (Fsp3) is 0.576. The van der Waals surface area contributed by atoms with E-state index in [1.54, 1.807) is 0 Å². The van der Waals surface area contributed by atoms with Gasteiger partial charge in [-0.25, -0.2) is 14.8 Å². The van der Waals surface area contributed by atoms with E-state index in [1.165, 1.54) is 88.4 Å². The molecule has 6 nitrogen and oxygen atoms in total. The quantitative estimate of drug-likeness (QED) is 0.325. The molecule has 39 heavy (non-hydrogen) atoms. The summed E-state index contributed by atoms with van der Waals surface area (Å²) in [5.41, 5.74) is 7.39. The maximum atomic E-state index is 7.89. The molecular formula is C33H40N6. The molecule has 2 aromatic heterocycles. The zero-order chi connectivity index (χ0) is 26.8. The van der Waals surface area contributed by atoms with E-state index in [0.717, 1.165) is 40.2 Å². The number of benzene rings is 1. The molecule has 3 aromatic rings. The summed E-state index contributed by atoms with van der Waals surface area (Å²) in [5, 5.41) is 4.78. The van der Waals surface area contributed by atoms with Gasteiger partial charge < -0.3 is 4.90 Å². The summed E-state index contributed by atoms with van der Waals surface area (Å²) in [5.74, 6) is 2.64. The van der Waals surface area contributed by atoms with Crippen LogP contribution in [0.5, 0.6) is 0 Å². The SMILES string of the molecule is [C-]#[N+]c1cc(-c2nc(C34CCC(CC3)CC4)cc(C34CCC(CC3)CC4)n2)cc(-c2nn(C)cc2N(C)C)c1. The van der Waals surface area contributed by atoms with E-state index in [1.807, 2.05) is 44.2 Å². The molecule has 6 saturated carbocycles. The molecule has 6 heteroatoms. The molecule has 0 saturated heterocycles. The van der Waals surface area contributed by atoms with Crippen LogP contribution in [-0.2, 0) is 17.9 Å². The first-order valence-corrected chi connectivity index (χ1v) is 15.0. The molecule has 6 aliphatic carbocycles. The van der Waals surface area contributed by atoms with Crippen LogP contribution in [0.1, 0.15) is 88.4 Å². The highest BCUT2D eigenvalue weighted by Crippen LogP contribution is 2.54. The van der Waals surface area contributed by atoms with Crippen LogP contribution < -0.4 is 4.90 Å². The van der Waals surface area contributed by atoms with Crippen molar-refractivity contribution in [2.24, 2.45) is 18.9 Å². The number of rotatable bonds is 5. The van der Waals surface area contributed by atoms with Gasteiger partial charge in [0.05, 0.1) is 23.6 Å². The molecule has 6 fully saturated rings. The highest BCUT2D eigenvalue weighted by molar-refractivity contribution is 5.81. The molecule has 202 valence electrons. The lowest BCUT2D eigenvalue weighted by Gasteiger charge is -2.48. The van der Waals surface area contributed by atoms with E-state index in [4.69, 9.17) is 21.6 Å². The number of fused-ring (bicyclic) bond motifs is 6. The van der Waals surface area contributed by atoms with Crippen LogP contribution in [0.3, 0.4) is 0 Å². The van der Waals surface area contributed by atoms with Gasteiger partial charge >= 0.3 is 0 Å². The van der Waals surface area contributed by atoms with Crippen molar-refractivity contribution in [3.63, 3.8) is 0 Å². The first-order chi connectivity index (χ1) is 18.9. The van der Waals surface area contributed by atoms with Crippen molar-refractivity contribution in [1.82, 2.24) is 19.7 Å². The van der Waals surface area contributed by atoms with E-state index in [-0.39, 0.29) is 10.8 Å². The van der Waals surface area contributed by atoms with Gasteiger partial charge in [0.2, 0.25) is 0 Å². The smallest absolute Gasteiger partial charge is 0.188 e. The summed E-state index contributed by atoms with van der Waals surface area (Å²) in [6, 6.07) is 8.56. The second-order valence-corrected chi connectivity index (χ2v) is 13.3. The first kappa shape index (κ1) is 24.8.